The van der Waals surface area contributed by atoms with Crippen molar-refractivity contribution in [2.75, 3.05) is 11.9 Å². The van der Waals surface area contributed by atoms with Gasteiger partial charge in [-0.05, 0) is 18.2 Å². The first kappa shape index (κ1) is 10.2. The fourth-order valence-electron chi connectivity index (χ4n) is 1.45. The highest BCUT2D eigenvalue weighted by Gasteiger charge is 2.19. The predicted molar refractivity (Wildman–Crippen MR) is 55.9 cm³/mol. The van der Waals surface area contributed by atoms with Gasteiger partial charge in [0.2, 0.25) is 11.8 Å². The molecule has 4 N–H and O–H groups in total. The highest BCUT2D eigenvalue weighted by Crippen LogP contribution is 2.19. The van der Waals surface area contributed by atoms with Crippen molar-refractivity contribution in [3.05, 3.63) is 29.3 Å². The molecule has 1 heterocycles. The van der Waals surface area contributed by atoms with Crippen molar-refractivity contribution < 1.29 is 14.4 Å². The first-order valence-corrected chi connectivity index (χ1v) is 4.60. The minimum absolute atomic E-state index is 0.0839. The summed E-state index contributed by atoms with van der Waals surface area (Å²) in [5.41, 5.74) is 5.97. The van der Waals surface area contributed by atoms with E-state index in [1.807, 2.05) is 0 Å². The minimum Gasteiger partial charge on any atom is -0.366 e. The van der Waals surface area contributed by atoms with E-state index in [0.717, 1.165) is 0 Å². The lowest BCUT2D eigenvalue weighted by Crippen LogP contribution is -2.28. The van der Waals surface area contributed by atoms with Gasteiger partial charge in [0.25, 0.3) is 5.91 Å². The standard InChI is InChI=1S/C10H9N3O3/c11-9(15)5-1-2-6-7(3-5)13-8(14)4-12-10(6)16/h1-3H,4H2,(H2,11,15)(H,12,16)(H,13,14). The zero-order valence-corrected chi connectivity index (χ0v) is 8.24. The molecule has 82 valence electrons. The van der Waals surface area contributed by atoms with Gasteiger partial charge in [0, 0.05) is 5.56 Å². The monoisotopic (exact) mass is 219 g/mol. The van der Waals surface area contributed by atoms with Crippen LogP contribution in [0.2, 0.25) is 0 Å². The average Bonchev–Trinajstić information content (AvgIpc) is 2.38. The highest BCUT2D eigenvalue weighted by atomic mass is 16.2. The maximum absolute atomic E-state index is 11.5. The molecule has 16 heavy (non-hydrogen) atoms. The second kappa shape index (κ2) is 3.65. The average molecular weight is 219 g/mol. The molecule has 0 bridgehead atoms. The number of anilines is 1. The van der Waals surface area contributed by atoms with E-state index < -0.39 is 5.91 Å². The van der Waals surface area contributed by atoms with Crippen LogP contribution in [-0.2, 0) is 4.79 Å². The van der Waals surface area contributed by atoms with Gasteiger partial charge in [-0.2, -0.15) is 0 Å². The van der Waals surface area contributed by atoms with E-state index in [-0.39, 0.29) is 23.9 Å². The second-order valence-corrected chi connectivity index (χ2v) is 3.36. The second-order valence-electron chi connectivity index (χ2n) is 3.36. The van der Waals surface area contributed by atoms with Gasteiger partial charge in [0.15, 0.2) is 0 Å². The van der Waals surface area contributed by atoms with Gasteiger partial charge in [0.1, 0.15) is 0 Å². The lowest BCUT2D eigenvalue weighted by molar-refractivity contribution is -0.115. The smallest absolute Gasteiger partial charge is 0.253 e. The topological polar surface area (TPSA) is 101 Å². The first-order chi connectivity index (χ1) is 7.58. The zero-order chi connectivity index (χ0) is 11.7. The summed E-state index contributed by atoms with van der Waals surface area (Å²) in [5.74, 6) is -1.31. The molecule has 6 nitrogen and oxygen atoms in total. The Kier molecular flexibility index (Phi) is 2.32. The van der Waals surface area contributed by atoms with Gasteiger partial charge in [-0.15, -0.1) is 0 Å². The third-order valence-electron chi connectivity index (χ3n) is 2.23. The van der Waals surface area contributed by atoms with E-state index in [9.17, 15) is 14.4 Å². The first-order valence-electron chi connectivity index (χ1n) is 4.60. The van der Waals surface area contributed by atoms with Crippen LogP contribution in [0.25, 0.3) is 0 Å². The summed E-state index contributed by atoms with van der Waals surface area (Å²) < 4.78 is 0. The van der Waals surface area contributed by atoms with E-state index in [1.165, 1.54) is 18.2 Å². The van der Waals surface area contributed by atoms with Crippen molar-refractivity contribution in [2.45, 2.75) is 0 Å². The quantitative estimate of drug-likeness (QED) is 0.591. The van der Waals surface area contributed by atoms with Gasteiger partial charge in [-0.3, -0.25) is 14.4 Å². The number of hydrogen-bond acceptors (Lipinski definition) is 3. The molecule has 1 aromatic carbocycles. The molecule has 0 spiro atoms. The van der Waals surface area contributed by atoms with Crippen molar-refractivity contribution >= 4 is 23.4 Å². The molecule has 1 aliphatic rings. The van der Waals surface area contributed by atoms with Crippen LogP contribution < -0.4 is 16.4 Å². The van der Waals surface area contributed by atoms with Crippen LogP contribution in [0, 0.1) is 0 Å². The van der Waals surface area contributed by atoms with E-state index in [4.69, 9.17) is 5.73 Å². The van der Waals surface area contributed by atoms with Crippen LogP contribution in [-0.4, -0.2) is 24.3 Å². The Morgan fingerprint density at radius 2 is 2.06 bits per heavy atom. The maximum Gasteiger partial charge on any atom is 0.253 e. The summed E-state index contributed by atoms with van der Waals surface area (Å²) in [5, 5.41) is 4.95. The van der Waals surface area contributed by atoms with Crippen molar-refractivity contribution in [3.63, 3.8) is 0 Å². The molecular weight excluding hydrogens is 210 g/mol. The molecule has 0 fully saturated rings. The van der Waals surface area contributed by atoms with Crippen molar-refractivity contribution in [2.24, 2.45) is 5.73 Å². The molecule has 1 aromatic rings. The van der Waals surface area contributed by atoms with Crippen molar-refractivity contribution in [1.29, 1.82) is 0 Å². The number of benzene rings is 1. The van der Waals surface area contributed by atoms with E-state index in [2.05, 4.69) is 10.6 Å². The Balaban J connectivity index is 2.51. The molecule has 0 aromatic heterocycles. The van der Waals surface area contributed by atoms with Crippen LogP contribution in [0.5, 0.6) is 0 Å². The molecule has 0 saturated carbocycles. The molecule has 6 heteroatoms. The van der Waals surface area contributed by atoms with E-state index in [0.29, 0.717) is 11.3 Å². The number of hydrogen-bond donors (Lipinski definition) is 3. The number of nitrogens with two attached hydrogens (primary N) is 1. The van der Waals surface area contributed by atoms with Gasteiger partial charge in [-0.25, -0.2) is 0 Å². The highest BCUT2D eigenvalue weighted by molar-refractivity contribution is 6.09. The zero-order valence-electron chi connectivity index (χ0n) is 8.24. The number of primary amides is 1. The van der Waals surface area contributed by atoms with Crippen molar-refractivity contribution in [1.82, 2.24) is 5.32 Å². The Morgan fingerprint density at radius 3 is 2.75 bits per heavy atom. The lowest BCUT2D eigenvalue weighted by atomic mass is 10.1. The number of fused-ring (bicyclic) bond motifs is 1. The lowest BCUT2D eigenvalue weighted by Gasteiger charge is -2.05. The van der Waals surface area contributed by atoms with Crippen molar-refractivity contribution in [3.8, 4) is 0 Å². The van der Waals surface area contributed by atoms with E-state index >= 15 is 0 Å². The third kappa shape index (κ3) is 1.72. The molecule has 0 atom stereocenters. The largest absolute Gasteiger partial charge is 0.366 e. The summed E-state index contributed by atoms with van der Waals surface area (Å²) in [4.78, 5) is 33.7. The van der Waals surface area contributed by atoms with Gasteiger partial charge < -0.3 is 16.4 Å². The Morgan fingerprint density at radius 1 is 1.31 bits per heavy atom. The van der Waals surface area contributed by atoms with Gasteiger partial charge >= 0.3 is 0 Å². The van der Waals surface area contributed by atoms with Crippen LogP contribution in [0.15, 0.2) is 18.2 Å². The molecule has 3 amide bonds. The summed E-state index contributed by atoms with van der Waals surface area (Å²) in [6, 6.07) is 4.29. The normalized spacial score (nSPS) is 14.5. The van der Waals surface area contributed by atoms with Gasteiger partial charge in [0.05, 0.1) is 17.8 Å². The number of nitrogens with one attached hydrogen (secondary N) is 2. The van der Waals surface area contributed by atoms with Gasteiger partial charge in [-0.1, -0.05) is 0 Å². The van der Waals surface area contributed by atoms with Crippen LogP contribution in [0.1, 0.15) is 20.7 Å². The molecule has 0 saturated heterocycles. The number of amides is 3. The van der Waals surface area contributed by atoms with Crippen LogP contribution in [0.4, 0.5) is 5.69 Å². The third-order valence-corrected chi connectivity index (χ3v) is 2.23. The summed E-state index contributed by atoms with van der Waals surface area (Å²) in [6.45, 7) is -0.0839. The Labute approximate surface area is 90.8 Å². The minimum atomic E-state index is -0.610. The predicted octanol–water partition coefficient (Wildman–Crippen LogP) is -0.533. The number of carbonyl (C=O) groups is 3. The van der Waals surface area contributed by atoms with E-state index in [1.54, 1.807) is 0 Å². The molecule has 2 rings (SSSR count). The summed E-state index contributed by atoms with van der Waals surface area (Å²) >= 11 is 0. The maximum atomic E-state index is 11.5. The molecule has 0 aliphatic carbocycles. The van der Waals surface area contributed by atoms with Crippen LogP contribution in [0.3, 0.4) is 0 Å². The summed E-state index contributed by atoms with van der Waals surface area (Å²) in [7, 11) is 0. The number of rotatable bonds is 1. The molecule has 0 unspecified atom stereocenters. The van der Waals surface area contributed by atoms with Crippen LogP contribution >= 0.6 is 0 Å². The number of carbonyl (C=O) groups excluding carboxylic acids is 3. The molecular formula is C10H9N3O3. The Hall–Kier alpha value is -2.37. The summed E-state index contributed by atoms with van der Waals surface area (Å²) in [6.07, 6.45) is 0. The molecule has 0 radical (unpaired) electrons. The Bertz CT molecular complexity index is 496. The fourth-order valence-corrected chi connectivity index (χ4v) is 1.45. The fraction of sp³-hybridized carbons (Fsp3) is 0.100. The molecule has 1 aliphatic heterocycles. The SMILES string of the molecule is NC(=O)c1ccc2c(c1)NC(=O)CNC2=O.